The molecule has 0 aliphatic carbocycles. The summed E-state index contributed by atoms with van der Waals surface area (Å²) in [5.41, 5.74) is 1.53. The summed E-state index contributed by atoms with van der Waals surface area (Å²) in [5, 5.41) is 0. The number of likely N-dealkylation sites (N-methyl/N-ethyl adjacent to an activating group) is 1. The number of hydrogen-bond donors (Lipinski definition) is 0. The SMILES string of the molecule is COCCN1CC[C@@H](CN(C)C(=O)CN2Cc3ccccc3O[C@H](c3ccccc3F)C2)C1. The number of carbonyl (C=O) groups excluding carboxylic acids is 1. The van der Waals surface area contributed by atoms with Gasteiger partial charge in [0.25, 0.3) is 0 Å². The van der Waals surface area contributed by atoms with Crippen LogP contribution in [-0.2, 0) is 16.1 Å². The third-order valence-electron chi connectivity index (χ3n) is 6.61. The Kier molecular flexibility index (Phi) is 7.96. The fourth-order valence-corrected chi connectivity index (χ4v) is 4.78. The zero-order valence-electron chi connectivity index (χ0n) is 19.6. The van der Waals surface area contributed by atoms with E-state index in [4.69, 9.17) is 9.47 Å². The number of para-hydroxylation sites is 1. The Labute approximate surface area is 195 Å². The Morgan fingerprint density at radius 1 is 1.15 bits per heavy atom. The molecule has 0 unspecified atom stereocenters. The molecule has 0 N–H and O–H groups in total. The molecule has 0 bridgehead atoms. The summed E-state index contributed by atoms with van der Waals surface area (Å²) in [4.78, 5) is 19.4. The van der Waals surface area contributed by atoms with Gasteiger partial charge in [-0.15, -0.1) is 0 Å². The molecule has 0 radical (unpaired) electrons. The third-order valence-corrected chi connectivity index (χ3v) is 6.61. The third kappa shape index (κ3) is 6.10. The second-order valence-electron chi connectivity index (χ2n) is 9.13. The van der Waals surface area contributed by atoms with E-state index in [0.29, 0.717) is 24.6 Å². The lowest BCUT2D eigenvalue weighted by atomic mass is 10.1. The molecule has 0 aromatic heterocycles. The number of carbonyl (C=O) groups is 1. The Balaban J connectivity index is 1.41. The van der Waals surface area contributed by atoms with Gasteiger partial charge in [-0.1, -0.05) is 36.4 Å². The van der Waals surface area contributed by atoms with Gasteiger partial charge in [-0.3, -0.25) is 9.69 Å². The molecule has 1 amide bonds. The van der Waals surface area contributed by atoms with Gasteiger partial charge in [0.05, 0.1) is 13.2 Å². The van der Waals surface area contributed by atoms with Crippen molar-refractivity contribution in [2.75, 3.05) is 60.0 Å². The van der Waals surface area contributed by atoms with Crippen LogP contribution < -0.4 is 4.74 Å². The fourth-order valence-electron chi connectivity index (χ4n) is 4.78. The highest BCUT2D eigenvalue weighted by Gasteiger charge is 2.29. The van der Waals surface area contributed by atoms with E-state index in [1.165, 1.54) is 6.07 Å². The molecule has 33 heavy (non-hydrogen) atoms. The van der Waals surface area contributed by atoms with Crippen molar-refractivity contribution >= 4 is 5.91 Å². The van der Waals surface area contributed by atoms with Crippen LogP contribution in [0.1, 0.15) is 23.7 Å². The lowest BCUT2D eigenvalue weighted by Gasteiger charge is -2.27. The Morgan fingerprint density at radius 3 is 2.76 bits per heavy atom. The van der Waals surface area contributed by atoms with Crippen LogP contribution in [0.4, 0.5) is 4.39 Å². The summed E-state index contributed by atoms with van der Waals surface area (Å²) in [5.74, 6) is 1.02. The van der Waals surface area contributed by atoms with Gasteiger partial charge in [-0.25, -0.2) is 4.39 Å². The number of benzene rings is 2. The van der Waals surface area contributed by atoms with Crippen LogP contribution in [0.25, 0.3) is 0 Å². The van der Waals surface area contributed by atoms with E-state index in [-0.39, 0.29) is 18.3 Å². The molecule has 2 aliphatic rings. The minimum absolute atomic E-state index is 0.0806. The van der Waals surface area contributed by atoms with Crippen molar-refractivity contribution in [2.24, 2.45) is 5.92 Å². The molecule has 2 aromatic carbocycles. The van der Waals surface area contributed by atoms with E-state index in [9.17, 15) is 9.18 Å². The first-order valence-electron chi connectivity index (χ1n) is 11.7. The standard InChI is InChI=1S/C26H34FN3O3/c1-28(15-20-11-12-29(16-20)13-14-32-2)26(31)19-30-17-21-7-3-6-10-24(21)33-25(18-30)22-8-4-5-9-23(22)27/h3-10,20,25H,11-19H2,1-2H3/t20-,25-/m0/s1. The van der Waals surface area contributed by atoms with Crippen LogP contribution in [0.3, 0.4) is 0 Å². The first kappa shape index (κ1) is 23.7. The Bertz CT molecular complexity index is 941. The maximum Gasteiger partial charge on any atom is 0.236 e. The van der Waals surface area contributed by atoms with Gasteiger partial charge in [-0.2, -0.15) is 0 Å². The number of amides is 1. The minimum Gasteiger partial charge on any atom is -0.484 e. The number of fused-ring (bicyclic) bond motifs is 1. The zero-order chi connectivity index (χ0) is 23.2. The van der Waals surface area contributed by atoms with Crippen molar-refractivity contribution in [3.63, 3.8) is 0 Å². The molecule has 2 aromatic rings. The van der Waals surface area contributed by atoms with Crippen LogP contribution in [0.15, 0.2) is 48.5 Å². The predicted molar refractivity (Wildman–Crippen MR) is 126 cm³/mol. The van der Waals surface area contributed by atoms with E-state index in [0.717, 1.165) is 50.5 Å². The molecule has 1 saturated heterocycles. The maximum atomic E-state index is 14.6. The summed E-state index contributed by atoms with van der Waals surface area (Å²) >= 11 is 0. The number of likely N-dealkylation sites (tertiary alicyclic amines) is 1. The van der Waals surface area contributed by atoms with Gasteiger partial charge in [-0.05, 0) is 31.0 Å². The first-order chi connectivity index (χ1) is 16.0. The Morgan fingerprint density at radius 2 is 1.94 bits per heavy atom. The number of hydrogen-bond acceptors (Lipinski definition) is 5. The lowest BCUT2D eigenvalue weighted by molar-refractivity contribution is -0.132. The number of rotatable bonds is 8. The number of halogens is 1. The summed E-state index contributed by atoms with van der Waals surface area (Å²) in [6, 6.07) is 14.5. The normalized spacial score (nSPS) is 21.3. The van der Waals surface area contributed by atoms with E-state index < -0.39 is 6.10 Å². The highest BCUT2D eigenvalue weighted by molar-refractivity contribution is 5.78. The Hall–Kier alpha value is -2.48. The molecule has 7 heteroatoms. The number of ether oxygens (including phenoxy) is 2. The van der Waals surface area contributed by atoms with Crippen molar-refractivity contribution in [3.05, 3.63) is 65.5 Å². The smallest absolute Gasteiger partial charge is 0.236 e. The number of nitrogens with zero attached hydrogens (tertiary/aromatic N) is 3. The topological polar surface area (TPSA) is 45.2 Å². The largest absolute Gasteiger partial charge is 0.484 e. The molecule has 178 valence electrons. The van der Waals surface area contributed by atoms with Gasteiger partial charge >= 0.3 is 0 Å². The van der Waals surface area contributed by atoms with Crippen molar-refractivity contribution < 1.29 is 18.7 Å². The van der Waals surface area contributed by atoms with Gasteiger partial charge < -0.3 is 19.3 Å². The van der Waals surface area contributed by atoms with E-state index in [1.807, 2.05) is 42.3 Å². The van der Waals surface area contributed by atoms with Crippen LogP contribution in [0, 0.1) is 11.7 Å². The van der Waals surface area contributed by atoms with Gasteiger partial charge in [0.15, 0.2) is 0 Å². The van der Waals surface area contributed by atoms with Gasteiger partial charge in [0.2, 0.25) is 5.91 Å². The predicted octanol–water partition coefficient (Wildman–Crippen LogP) is 3.19. The molecular weight excluding hydrogens is 421 g/mol. The zero-order valence-corrected chi connectivity index (χ0v) is 19.6. The van der Waals surface area contributed by atoms with Crippen molar-refractivity contribution in [1.29, 1.82) is 0 Å². The summed E-state index contributed by atoms with van der Waals surface area (Å²) in [6.45, 7) is 5.80. The lowest BCUT2D eigenvalue weighted by Crippen LogP contribution is -2.41. The molecule has 2 atom stereocenters. The van der Waals surface area contributed by atoms with Gasteiger partial charge in [0.1, 0.15) is 17.7 Å². The maximum absolute atomic E-state index is 14.6. The second-order valence-corrected chi connectivity index (χ2v) is 9.13. The average molecular weight is 456 g/mol. The highest BCUT2D eigenvalue weighted by Crippen LogP contribution is 2.32. The fraction of sp³-hybridized carbons (Fsp3) is 0.500. The second kappa shape index (κ2) is 11.1. The van der Waals surface area contributed by atoms with Crippen LogP contribution in [0.5, 0.6) is 5.75 Å². The molecular formula is C26H34FN3O3. The first-order valence-corrected chi connectivity index (χ1v) is 11.7. The summed E-state index contributed by atoms with van der Waals surface area (Å²) < 4.78 is 26.0. The van der Waals surface area contributed by atoms with Crippen LogP contribution in [0.2, 0.25) is 0 Å². The monoisotopic (exact) mass is 455 g/mol. The molecule has 2 heterocycles. The van der Waals surface area contributed by atoms with Crippen molar-refractivity contribution in [2.45, 2.75) is 19.1 Å². The molecule has 6 nitrogen and oxygen atoms in total. The molecule has 1 fully saturated rings. The van der Waals surface area contributed by atoms with Crippen molar-refractivity contribution in [3.8, 4) is 5.75 Å². The molecule has 0 spiro atoms. The van der Waals surface area contributed by atoms with E-state index >= 15 is 0 Å². The van der Waals surface area contributed by atoms with E-state index in [2.05, 4.69) is 9.80 Å². The van der Waals surface area contributed by atoms with Gasteiger partial charge in [0, 0.05) is 58.0 Å². The molecule has 4 rings (SSSR count). The molecule has 2 aliphatic heterocycles. The number of methoxy groups -OCH3 is 1. The average Bonchev–Trinajstić information content (AvgIpc) is 3.17. The van der Waals surface area contributed by atoms with E-state index in [1.54, 1.807) is 19.2 Å². The minimum atomic E-state index is -0.475. The summed E-state index contributed by atoms with van der Waals surface area (Å²) in [7, 11) is 3.61. The quantitative estimate of drug-likeness (QED) is 0.612. The van der Waals surface area contributed by atoms with Crippen LogP contribution >= 0.6 is 0 Å². The summed E-state index contributed by atoms with van der Waals surface area (Å²) in [6.07, 6.45) is 0.624. The van der Waals surface area contributed by atoms with Crippen LogP contribution in [-0.4, -0.2) is 80.6 Å². The molecule has 0 saturated carbocycles. The van der Waals surface area contributed by atoms with Crippen molar-refractivity contribution in [1.82, 2.24) is 14.7 Å². The highest BCUT2D eigenvalue weighted by atomic mass is 19.1.